The maximum absolute atomic E-state index is 13.6. The molecule has 0 saturated carbocycles. The molecule has 0 amide bonds. The fraction of sp³-hybridized carbons (Fsp3) is 0.333. The van der Waals surface area contributed by atoms with Gasteiger partial charge in [-0.3, -0.25) is 0 Å². The number of benzene rings is 1. The van der Waals surface area contributed by atoms with E-state index in [-0.39, 0.29) is 11.9 Å². The first-order chi connectivity index (χ1) is 7.06. The van der Waals surface area contributed by atoms with E-state index in [0.717, 1.165) is 12.0 Å². The van der Waals surface area contributed by atoms with Crippen molar-refractivity contribution in [1.82, 2.24) is 0 Å². The third-order valence-corrected chi connectivity index (χ3v) is 3.00. The minimum Gasteiger partial charge on any atom is -0.324 e. The molecule has 0 radical (unpaired) electrons. The minimum atomic E-state index is -0.310. The van der Waals surface area contributed by atoms with E-state index in [0.29, 0.717) is 16.5 Å². The summed E-state index contributed by atoms with van der Waals surface area (Å²) in [5.74, 6) is -0.270. The Balaban J connectivity index is 2.86. The van der Waals surface area contributed by atoms with Crippen LogP contribution in [0.2, 0.25) is 0 Å². The summed E-state index contributed by atoms with van der Waals surface area (Å²) in [4.78, 5) is 0. The topological polar surface area (TPSA) is 26.0 Å². The van der Waals surface area contributed by atoms with E-state index in [9.17, 15) is 4.39 Å². The summed E-state index contributed by atoms with van der Waals surface area (Å²) in [5, 5.41) is 0. The zero-order valence-electron chi connectivity index (χ0n) is 8.76. The van der Waals surface area contributed by atoms with Crippen molar-refractivity contribution >= 4 is 15.9 Å². The highest BCUT2D eigenvalue weighted by Gasteiger charge is 2.13. The Bertz CT molecular complexity index is 363. The van der Waals surface area contributed by atoms with Gasteiger partial charge in [-0.05, 0) is 34.8 Å². The van der Waals surface area contributed by atoms with Gasteiger partial charge in [0.2, 0.25) is 0 Å². The van der Waals surface area contributed by atoms with Crippen molar-refractivity contribution < 1.29 is 4.39 Å². The molecule has 0 heterocycles. The van der Waals surface area contributed by atoms with Crippen LogP contribution >= 0.6 is 15.9 Å². The molecule has 1 aromatic carbocycles. The molecular formula is C12H15BrFN. The molecule has 0 aliphatic rings. The highest BCUT2D eigenvalue weighted by atomic mass is 79.9. The smallest absolute Gasteiger partial charge is 0.142 e. The van der Waals surface area contributed by atoms with Gasteiger partial charge in [-0.1, -0.05) is 31.2 Å². The molecule has 1 rings (SSSR count). The molecule has 3 heteroatoms. The van der Waals surface area contributed by atoms with Gasteiger partial charge in [-0.15, -0.1) is 0 Å². The Labute approximate surface area is 98.3 Å². The molecule has 1 aromatic rings. The molecule has 1 unspecified atom stereocenters. The van der Waals surface area contributed by atoms with E-state index >= 15 is 0 Å². The van der Waals surface area contributed by atoms with Gasteiger partial charge in [-0.25, -0.2) is 4.39 Å². The number of hydrogen-bond donors (Lipinski definition) is 1. The lowest BCUT2D eigenvalue weighted by Crippen LogP contribution is -2.13. The van der Waals surface area contributed by atoms with Crippen molar-refractivity contribution in [3.63, 3.8) is 0 Å². The number of hydrogen-bond acceptors (Lipinski definition) is 1. The summed E-state index contributed by atoms with van der Waals surface area (Å²) in [7, 11) is 0. The number of rotatable bonds is 4. The van der Waals surface area contributed by atoms with Crippen molar-refractivity contribution in [2.24, 2.45) is 5.73 Å². The van der Waals surface area contributed by atoms with Crippen LogP contribution in [0.25, 0.3) is 0 Å². The first-order valence-corrected chi connectivity index (χ1v) is 5.71. The van der Waals surface area contributed by atoms with Gasteiger partial charge < -0.3 is 5.73 Å². The predicted octanol–water partition coefficient (Wildman–Crippen LogP) is 3.94. The highest BCUT2D eigenvalue weighted by molar-refractivity contribution is 9.10. The van der Waals surface area contributed by atoms with Gasteiger partial charge >= 0.3 is 0 Å². The van der Waals surface area contributed by atoms with Crippen LogP contribution in [-0.4, -0.2) is 0 Å². The summed E-state index contributed by atoms with van der Waals surface area (Å²) in [6, 6.07) is 4.86. The van der Waals surface area contributed by atoms with Gasteiger partial charge in [0.05, 0.1) is 4.47 Å². The third kappa shape index (κ3) is 3.14. The fourth-order valence-corrected chi connectivity index (χ4v) is 1.75. The van der Waals surface area contributed by atoms with Crippen molar-refractivity contribution in [2.45, 2.75) is 25.8 Å². The fourth-order valence-electron chi connectivity index (χ4n) is 1.37. The standard InChI is InChI=1S/C12H15BrFN/c1-3-8(2)7-11(15)9-5-4-6-10(13)12(9)14/h4-6,11H,2-3,7,15H2,1H3. The van der Waals surface area contributed by atoms with Gasteiger partial charge in [0.1, 0.15) is 5.82 Å². The molecule has 2 N–H and O–H groups in total. The zero-order chi connectivity index (χ0) is 11.4. The molecule has 0 bridgehead atoms. The molecule has 0 aromatic heterocycles. The SMILES string of the molecule is C=C(CC)CC(N)c1cccc(Br)c1F. The summed E-state index contributed by atoms with van der Waals surface area (Å²) in [6.07, 6.45) is 1.51. The van der Waals surface area contributed by atoms with E-state index in [1.54, 1.807) is 18.2 Å². The van der Waals surface area contributed by atoms with Crippen LogP contribution in [0.15, 0.2) is 34.8 Å². The molecule has 1 nitrogen and oxygen atoms in total. The molecule has 0 aliphatic heterocycles. The monoisotopic (exact) mass is 271 g/mol. The maximum Gasteiger partial charge on any atom is 0.142 e. The van der Waals surface area contributed by atoms with Crippen LogP contribution in [0, 0.1) is 5.82 Å². The summed E-state index contributed by atoms with van der Waals surface area (Å²) >= 11 is 3.14. The molecule has 0 saturated heterocycles. The second-order valence-electron chi connectivity index (χ2n) is 3.56. The number of halogens is 2. The second-order valence-corrected chi connectivity index (χ2v) is 4.41. The quantitative estimate of drug-likeness (QED) is 0.825. The Kier molecular flexibility index (Phi) is 4.48. The van der Waals surface area contributed by atoms with E-state index in [1.807, 2.05) is 6.92 Å². The lowest BCUT2D eigenvalue weighted by atomic mass is 9.99. The van der Waals surface area contributed by atoms with E-state index in [4.69, 9.17) is 5.73 Å². The molecule has 1 atom stereocenters. The van der Waals surface area contributed by atoms with Crippen molar-refractivity contribution in [2.75, 3.05) is 0 Å². The largest absolute Gasteiger partial charge is 0.324 e. The van der Waals surface area contributed by atoms with Gasteiger partial charge in [-0.2, -0.15) is 0 Å². The molecule has 0 fully saturated rings. The molecular weight excluding hydrogens is 257 g/mol. The Morgan fingerprint density at radius 2 is 2.27 bits per heavy atom. The average Bonchev–Trinajstić information content (AvgIpc) is 2.21. The van der Waals surface area contributed by atoms with Crippen LogP contribution < -0.4 is 5.73 Å². The van der Waals surface area contributed by atoms with E-state index < -0.39 is 0 Å². The van der Waals surface area contributed by atoms with Crippen molar-refractivity contribution in [3.8, 4) is 0 Å². The zero-order valence-corrected chi connectivity index (χ0v) is 10.3. The summed E-state index contributed by atoms with van der Waals surface area (Å²) < 4.78 is 14.1. The van der Waals surface area contributed by atoms with Crippen molar-refractivity contribution in [1.29, 1.82) is 0 Å². The van der Waals surface area contributed by atoms with Crippen LogP contribution in [0.1, 0.15) is 31.4 Å². The van der Waals surface area contributed by atoms with Gasteiger partial charge in [0.25, 0.3) is 0 Å². The summed E-state index contributed by atoms with van der Waals surface area (Å²) in [6.45, 7) is 5.90. The second kappa shape index (κ2) is 5.42. The molecule has 15 heavy (non-hydrogen) atoms. The van der Waals surface area contributed by atoms with Crippen LogP contribution in [0.3, 0.4) is 0 Å². The van der Waals surface area contributed by atoms with E-state index in [1.165, 1.54) is 0 Å². The average molecular weight is 272 g/mol. The molecule has 82 valence electrons. The minimum absolute atomic E-state index is 0.270. The Morgan fingerprint density at radius 1 is 1.60 bits per heavy atom. The maximum atomic E-state index is 13.6. The molecule has 0 aliphatic carbocycles. The van der Waals surface area contributed by atoms with Crippen LogP contribution in [-0.2, 0) is 0 Å². The third-order valence-electron chi connectivity index (χ3n) is 2.39. The lowest BCUT2D eigenvalue weighted by molar-refractivity contribution is 0.572. The predicted molar refractivity (Wildman–Crippen MR) is 65.1 cm³/mol. The first-order valence-electron chi connectivity index (χ1n) is 4.92. The van der Waals surface area contributed by atoms with Gasteiger partial charge in [0, 0.05) is 11.6 Å². The Hall–Kier alpha value is -0.670. The Morgan fingerprint density at radius 3 is 2.87 bits per heavy atom. The van der Waals surface area contributed by atoms with Gasteiger partial charge in [0.15, 0.2) is 0 Å². The molecule has 0 spiro atoms. The van der Waals surface area contributed by atoms with Crippen LogP contribution in [0.5, 0.6) is 0 Å². The lowest BCUT2D eigenvalue weighted by Gasteiger charge is -2.14. The van der Waals surface area contributed by atoms with Crippen molar-refractivity contribution in [3.05, 3.63) is 46.2 Å². The number of nitrogens with two attached hydrogens (primary N) is 1. The highest BCUT2D eigenvalue weighted by Crippen LogP contribution is 2.26. The van der Waals surface area contributed by atoms with Crippen LogP contribution in [0.4, 0.5) is 4.39 Å². The summed E-state index contributed by atoms with van der Waals surface area (Å²) in [5.41, 5.74) is 7.50. The normalized spacial score (nSPS) is 12.5. The van der Waals surface area contributed by atoms with E-state index in [2.05, 4.69) is 22.5 Å². The first kappa shape index (κ1) is 12.4.